The van der Waals surface area contributed by atoms with Crippen LogP contribution in [0.15, 0.2) is 0 Å². The van der Waals surface area contributed by atoms with Gasteiger partial charge in [0.2, 0.25) is 0 Å². The van der Waals surface area contributed by atoms with E-state index in [0.717, 1.165) is 29.6 Å². The number of fused-ring (bicyclic) bond motifs is 1. The zero-order valence-electron chi connectivity index (χ0n) is 9.66. The Morgan fingerprint density at radius 1 is 1.20 bits per heavy atom. The SMILES string of the molecule is CC1CCN(CC2CC3CC3C2)C1CCl. The van der Waals surface area contributed by atoms with Crippen LogP contribution in [0.4, 0.5) is 0 Å². The number of hydrogen-bond donors (Lipinski definition) is 0. The number of hydrogen-bond acceptors (Lipinski definition) is 1. The highest BCUT2D eigenvalue weighted by molar-refractivity contribution is 6.18. The van der Waals surface area contributed by atoms with E-state index in [1.807, 2.05) is 0 Å². The van der Waals surface area contributed by atoms with E-state index in [0.29, 0.717) is 6.04 Å². The summed E-state index contributed by atoms with van der Waals surface area (Å²) in [7, 11) is 0. The first-order chi connectivity index (χ1) is 7.28. The van der Waals surface area contributed by atoms with Crippen molar-refractivity contribution in [2.75, 3.05) is 19.0 Å². The van der Waals surface area contributed by atoms with Crippen LogP contribution in [-0.2, 0) is 0 Å². The van der Waals surface area contributed by atoms with Crippen molar-refractivity contribution in [3.8, 4) is 0 Å². The van der Waals surface area contributed by atoms with Crippen molar-refractivity contribution in [1.82, 2.24) is 4.90 Å². The van der Waals surface area contributed by atoms with Gasteiger partial charge in [0.15, 0.2) is 0 Å². The van der Waals surface area contributed by atoms with Crippen LogP contribution in [-0.4, -0.2) is 29.9 Å². The largest absolute Gasteiger partial charge is 0.299 e. The number of nitrogens with zero attached hydrogens (tertiary/aromatic N) is 1. The molecule has 1 nitrogen and oxygen atoms in total. The first-order valence-corrected chi connectivity index (χ1v) is 7.11. The maximum absolute atomic E-state index is 6.08. The molecule has 2 heteroatoms. The molecule has 0 bridgehead atoms. The molecule has 3 aliphatic rings. The van der Waals surface area contributed by atoms with Gasteiger partial charge >= 0.3 is 0 Å². The van der Waals surface area contributed by atoms with Crippen molar-refractivity contribution in [2.24, 2.45) is 23.7 Å². The van der Waals surface area contributed by atoms with Gasteiger partial charge in [0.05, 0.1) is 0 Å². The summed E-state index contributed by atoms with van der Waals surface area (Å²) in [5, 5.41) is 0. The van der Waals surface area contributed by atoms with Crippen LogP contribution < -0.4 is 0 Å². The van der Waals surface area contributed by atoms with Gasteiger partial charge in [0.25, 0.3) is 0 Å². The molecule has 0 N–H and O–H groups in total. The molecular weight excluding hydrogens is 206 g/mol. The lowest BCUT2D eigenvalue weighted by molar-refractivity contribution is 0.207. The molecule has 0 amide bonds. The number of rotatable bonds is 3. The van der Waals surface area contributed by atoms with Gasteiger partial charge in [-0.15, -0.1) is 11.6 Å². The van der Waals surface area contributed by atoms with Crippen molar-refractivity contribution in [1.29, 1.82) is 0 Å². The average molecular weight is 228 g/mol. The second kappa shape index (κ2) is 3.92. The highest BCUT2D eigenvalue weighted by Crippen LogP contribution is 2.54. The minimum atomic E-state index is 0.670. The average Bonchev–Trinajstić information content (AvgIpc) is 2.69. The lowest BCUT2D eigenvalue weighted by Crippen LogP contribution is -2.37. The summed E-state index contributed by atoms with van der Waals surface area (Å²) in [6.45, 7) is 5.00. The molecule has 0 aromatic rings. The molecule has 1 saturated heterocycles. The van der Waals surface area contributed by atoms with Crippen molar-refractivity contribution in [3.05, 3.63) is 0 Å². The number of likely N-dealkylation sites (tertiary alicyclic amines) is 1. The van der Waals surface area contributed by atoms with Gasteiger partial charge in [-0.25, -0.2) is 0 Å². The van der Waals surface area contributed by atoms with Crippen LogP contribution in [0.3, 0.4) is 0 Å². The summed E-state index contributed by atoms with van der Waals surface area (Å²) < 4.78 is 0. The number of alkyl halides is 1. The molecule has 1 heterocycles. The Morgan fingerprint density at radius 2 is 1.93 bits per heavy atom. The second-order valence-electron chi connectivity index (χ2n) is 6.08. The summed E-state index contributed by atoms with van der Waals surface area (Å²) in [5.41, 5.74) is 0. The summed E-state index contributed by atoms with van der Waals surface area (Å²) >= 11 is 6.08. The smallest absolute Gasteiger partial charge is 0.0382 e. The van der Waals surface area contributed by atoms with Gasteiger partial charge in [-0.1, -0.05) is 6.92 Å². The summed E-state index contributed by atoms with van der Waals surface area (Å²) in [6.07, 6.45) is 5.94. The van der Waals surface area contributed by atoms with Gasteiger partial charge < -0.3 is 0 Å². The van der Waals surface area contributed by atoms with Crippen molar-refractivity contribution in [3.63, 3.8) is 0 Å². The standard InChI is InChI=1S/C13H22ClN/c1-9-2-3-15(13(9)7-14)8-10-4-11-6-12(11)5-10/h9-13H,2-8H2,1H3. The molecule has 0 radical (unpaired) electrons. The van der Waals surface area contributed by atoms with E-state index in [4.69, 9.17) is 11.6 Å². The molecule has 0 aromatic heterocycles. The van der Waals surface area contributed by atoms with Crippen molar-refractivity contribution < 1.29 is 0 Å². The fourth-order valence-electron chi connectivity index (χ4n) is 3.88. The maximum atomic E-state index is 6.08. The molecule has 15 heavy (non-hydrogen) atoms. The topological polar surface area (TPSA) is 3.24 Å². The summed E-state index contributed by atoms with van der Waals surface area (Å²) in [4.78, 5) is 2.67. The first kappa shape index (κ1) is 10.4. The maximum Gasteiger partial charge on any atom is 0.0382 e. The Morgan fingerprint density at radius 3 is 2.60 bits per heavy atom. The molecule has 3 fully saturated rings. The van der Waals surface area contributed by atoms with E-state index in [-0.39, 0.29) is 0 Å². The van der Waals surface area contributed by atoms with Gasteiger partial charge in [-0.2, -0.15) is 0 Å². The molecule has 2 aliphatic carbocycles. The van der Waals surface area contributed by atoms with Gasteiger partial charge in [0, 0.05) is 18.5 Å². The highest BCUT2D eigenvalue weighted by atomic mass is 35.5. The van der Waals surface area contributed by atoms with Crippen LogP contribution in [0, 0.1) is 23.7 Å². The third-order valence-corrected chi connectivity index (χ3v) is 5.31. The van der Waals surface area contributed by atoms with Crippen molar-refractivity contribution in [2.45, 2.75) is 38.6 Å². The highest BCUT2D eigenvalue weighted by Gasteiger charge is 2.46. The molecule has 0 spiro atoms. The first-order valence-electron chi connectivity index (χ1n) is 6.58. The van der Waals surface area contributed by atoms with Gasteiger partial charge in [-0.3, -0.25) is 4.90 Å². The van der Waals surface area contributed by atoms with Crippen molar-refractivity contribution >= 4 is 11.6 Å². The van der Waals surface area contributed by atoms with Crippen LogP contribution in [0.2, 0.25) is 0 Å². The zero-order valence-corrected chi connectivity index (χ0v) is 10.4. The molecule has 2 saturated carbocycles. The van der Waals surface area contributed by atoms with Gasteiger partial charge in [0.1, 0.15) is 0 Å². The van der Waals surface area contributed by atoms with Crippen LogP contribution in [0.1, 0.15) is 32.6 Å². The fraction of sp³-hybridized carbons (Fsp3) is 1.00. The van der Waals surface area contributed by atoms with Crippen LogP contribution >= 0.6 is 11.6 Å². The van der Waals surface area contributed by atoms with E-state index < -0.39 is 0 Å². The van der Waals surface area contributed by atoms with Gasteiger partial charge in [-0.05, 0) is 55.9 Å². The molecule has 1 aliphatic heterocycles. The third-order valence-electron chi connectivity index (χ3n) is 4.99. The predicted molar refractivity (Wildman–Crippen MR) is 64.2 cm³/mol. The third kappa shape index (κ3) is 1.93. The quantitative estimate of drug-likeness (QED) is 0.671. The zero-order chi connectivity index (χ0) is 10.4. The van der Waals surface area contributed by atoms with Crippen LogP contribution in [0.25, 0.3) is 0 Å². The Bertz CT molecular complexity index is 233. The fourth-order valence-corrected chi connectivity index (χ4v) is 4.38. The predicted octanol–water partition coefficient (Wildman–Crippen LogP) is 2.98. The molecule has 86 valence electrons. The lowest BCUT2D eigenvalue weighted by Gasteiger charge is -2.28. The Kier molecular flexibility index (Phi) is 2.72. The Hall–Kier alpha value is 0.250. The molecule has 4 unspecified atom stereocenters. The minimum Gasteiger partial charge on any atom is -0.299 e. The van der Waals surface area contributed by atoms with E-state index in [1.54, 1.807) is 6.42 Å². The minimum absolute atomic E-state index is 0.670. The second-order valence-corrected chi connectivity index (χ2v) is 6.38. The van der Waals surface area contributed by atoms with E-state index >= 15 is 0 Å². The molecule has 0 aromatic carbocycles. The Labute approximate surface area is 98.2 Å². The monoisotopic (exact) mass is 227 g/mol. The molecular formula is C13H22ClN. The summed E-state index contributed by atoms with van der Waals surface area (Å²) in [5.74, 6) is 4.91. The molecule has 4 atom stereocenters. The lowest BCUT2D eigenvalue weighted by atomic mass is 10.0. The normalized spacial score (nSPS) is 49.6. The Balaban J connectivity index is 1.54. The van der Waals surface area contributed by atoms with Crippen LogP contribution in [0.5, 0.6) is 0 Å². The molecule has 3 rings (SSSR count). The number of halogens is 1. The summed E-state index contributed by atoms with van der Waals surface area (Å²) in [6, 6.07) is 0.670. The van der Waals surface area contributed by atoms with E-state index in [9.17, 15) is 0 Å². The van der Waals surface area contributed by atoms with E-state index in [2.05, 4.69) is 11.8 Å². The van der Waals surface area contributed by atoms with E-state index in [1.165, 1.54) is 32.4 Å².